The van der Waals surface area contributed by atoms with E-state index in [1.807, 2.05) is 13.8 Å². The van der Waals surface area contributed by atoms with Crippen molar-refractivity contribution in [1.82, 2.24) is 0 Å². The number of hydrogen-bond donors (Lipinski definition) is 2. The Balaban J connectivity index is 2.79. The molecule has 2 N–H and O–H groups in total. The monoisotopic (exact) mass is 285 g/mol. The second-order valence-corrected chi connectivity index (χ2v) is 5.12. The zero-order chi connectivity index (χ0) is 12.3. The van der Waals surface area contributed by atoms with Gasteiger partial charge in [-0.05, 0) is 46.5 Å². The van der Waals surface area contributed by atoms with Crippen molar-refractivity contribution in [1.29, 1.82) is 0 Å². The van der Waals surface area contributed by atoms with Gasteiger partial charge in [0.2, 0.25) is 5.91 Å². The molecule has 16 heavy (non-hydrogen) atoms. The number of aromatic hydroxyl groups is 1. The van der Waals surface area contributed by atoms with Crippen LogP contribution in [0.25, 0.3) is 0 Å². The molecule has 0 bridgehead atoms. The predicted molar refractivity (Wildman–Crippen MR) is 68.6 cm³/mol. The fourth-order valence-corrected chi connectivity index (χ4v) is 1.95. The van der Waals surface area contributed by atoms with Crippen molar-refractivity contribution >= 4 is 27.5 Å². The van der Waals surface area contributed by atoms with Crippen LogP contribution in [0.3, 0.4) is 0 Å². The van der Waals surface area contributed by atoms with Crippen LogP contribution in [-0.2, 0) is 4.79 Å². The van der Waals surface area contributed by atoms with Crippen LogP contribution in [0, 0.1) is 12.8 Å². The smallest absolute Gasteiger partial charge is 0.224 e. The van der Waals surface area contributed by atoms with Crippen molar-refractivity contribution in [3.63, 3.8) is 0 Å². The maximum Gasteiger partial charge on any atom is 0.224 e. The Hall–Kier alpha value is -1.03. The predicted octanol–water partition coefficient (Wildman–Crippen LogP) is 3.45. The van der Waals surface area contributed by atoms with E-state index < -0.39 is 0 Å². The van der Waals surface area contributed by atoms with Crippen LogP contribution in [0.2, 0.25) is 0 Å². The molecule has 1 amide bonds. The highest BCUT2D eigenvalue weighted by atomic mass is 79.9. The van der Waals surface area contributed by atoms with Crippen molar-refractivity contribution in [2.24, 2.45) is 5.92 Å². The van der Waals surface area contributed by atoms with Gasteiger partial charge < -0.3 is 10.4 Å². The molecule has 1 aromatic rings. The van der Waals surface area contributed by atoms with Crippen LogP contribution < -0.4 is 5.32 Å². The number of anilines is 1. The number of nitrogens with one attached hydrogen (secondary N) is 1. The molecule has 0 aliphatic heterocycles. The van der Waals surface area contributed by atoms with Gasteiger partial charge in [0, 0.05) is 12.1 Å². The number of phenols is 1. The first-order chi connectivity index (χ1) is 7.40. The molecule has 0 fully saturated rings. The second kappa shape index (κ2) is 5.34. The first-order valence-electron chi connectivity index (χ1n) is 5.19. The van der Waals surface area contributed by atoms with Crippen molar-refractivity contribution < 1.29 is 9.90 Å². The number of hydrogen-bond acceptors (Lipinski definition) is 2. The molecule has 88 valence electrons. The van der Waals surface area contributed by atoms with Crippen LogP contribution in [0.1, 0.15) is 25.8 Å². The van der Waals surface area contributed by atoms with E-state index in [9.17, 15) is 9.90 Å². The Bertz CT molecular complexity index is 379. The minimum Gasteiger partial charge on any atom is -0.506 e. The fraction of sp³-hybridized carbons (Fsp3) is 0.417. The summed E-state index contributed by atoms with van der Waals surface area (Å²) in [6, 6.07) is 3.44. The van der Waals surface area contributed by atoms with Gasteiger partial charge in [-0.2, -0.15) is 0 Å². The Morgan fingerprint density at radius 2 is 2.12 bits per heavy atom. The first kappa shape index (κ1) is 13.0. The number of aryl methyl sites for hydroxylation is 1. The zero-order valence-corrected chi connectivity index (χ0v) is 11.3. The standard InChI is InChI=1S/C12H16BrNO2/c1-7(2)4-11(15)14-9-5-8(3)12(16)10(13)6-9/h5-7,16H,4H2,1-3H3,(H,14,15). The molecule has 1 aromatic carbocycles. The topological polar surface area (TPSA) is 49.3 Å². The molecule has 0 aliphatic rings. The third-order valence-electron chi connectivity index (χ3n) is 2.13. The Morgan fingerprint density at radius 1 is 1.50 bits per heavy atom. The molecule has 0 saturated carbocycles. The molecule has 0 aliphatic carbocycles. The molecule has 0 unspecified atom stereocenters. The second-order valence-electron chi connectivity index (χ2n) is 4.27. The van der Waals surface area contributed by atoms with Crippen molar-refractivity contribution in [2.45, 2.75) is 27.2 Å². The summed E-state index contributed by atoms with van der Waals surface area (Å²) in [6.07, 6.45) is 0.498. The van der Waals surface area contributed by atoms with Crippen LogP contribution in [0.4, 0.5) is 5.69 Å². The van der Waals surface area contributed by atoms with E-state index in [1.165, 1.54) is 0 Å². The molecule has 0 heterocycles. The Morgan fingerprint density at radius 3 is 2.62 bits per heavy atom. The summed E-state index contributed by atoms with van der Waals surface area (Å²) in [5.41, 5.74) is 1.43. The van der Waals surface area contributed by atoms with E-state index in [0.29, 0.717) is 22.5 Å². The van der Waals surface area contributed by atoms with Gasteiger partial charge in [-0.1, -0.05) is 13.8 Å². The minimum atomic E-state index is -0.00742. The molecule has 0 atom stereocenters. The number of benzene rings is 1. The van der Waals surface area contributed by atoms with E-state index in [-0.39, 0.29) is 11.7 Å². The Kier molecular flexibility index (Phi) is 4.35. The first-order valence-corrected chi connectivity index (χ1v) is 5.98. The summed E-state index contributed by atoms with van der Waals surface area (Å²) >= 11 is 3.24. The normalized spacial score (nSPS) is 10.6. The van der Waals surface area contributed by atoms with Crippen LogP contribution in [0.15, 0.2) is 16.6 Å². The SMILES string of the molecule is Cc1cc(NC(=O)CC(C)C)cc(Br)c1O. The third-order valence-corrected chi connectivity index (χ3v) is 2.74. The highest BCUT2D eigenvalue weighted by molar-refractivity contribution is 9.10. The van der Waals surface area contributed by atoms with Gasteiger partial charge in [-0.15, -0.1) is 0 Å². The highest BCUT2D eigenvalue weighted by Gasteiger charge is 2.08. The average molecular weight is 286 g/mol. The number of rotatable bonds is 3. The maximum absolute atomic E-state index is 11.5. The van der Waals surface area contributed by atoms with Gasteiger partial charge >= 0.3 is 0 Å². The molecule has 0 aromatic heterocycles. The summed E-state index contributed by atoms with van der Waals surface area (Å²) in [5, 5.41) is 12.4. The summed E-state index contributed by atoms with van der Waals surface area (Å²) < 4.78 is 0.590. The largest absolute Gasteiger partial charge is 0.506 e. The lowest BCUT2D eigenvalue weighted by atomic mass is 10.1. The van der Waals surface area contributed by atoms with Crippen molar-refractivity contribution in [3.05, 3.63) is 22.2 Å². The molecular weight excluding hydrogens is 270 g/mol. The minimum absolute atomic E-state index is 0.00742. The van der Waals surface area contributed by atoms with E-state index in [1.54, 1.807) is 19.1 Å². The molecule has 0 spiro atoms. The summed E-state index contributed by atoms with van der Waals surface area (Å²) in [4.78, 5) is 11.5. The van der Waals surface area contributed by atoms with Crippen LogP contribution in [0.5, 0.6) is 5.75 Å². The van der Waals surface area contributed by atoms with Crippen molar-refractivity contribution in [3.8, 4) is 5.75 Å². The van der Waals surface area contributed by atoms with Crippen molar-refractivity contribution in [2.75, 3.05) is 5.32 Å². The summed E-state index contributed by atoms with van der Waals surface area (Å²) in [6.45, 7) is 5.79. The lowest BCUT2D eigenvalue weighted by molar-refractivity contribution is -0.116. The van der Waals surface area contributed by atoms with Gasteiger partial charge in [0.25, 0.3) is 0 Å². The molecule has 0 radical (unpaired) electrons. The molecule has 3 nitrogen and oxygen atoms in total. The lowest BCUT2D eigenvalue weighted by Crippen LogP contribution is -2.13. The third kappa shape index (κ3) is 3.52. The highest BCUT2D eigenvalue weighted by Crippen LogP contribution is 2.30. The molecule has 0 saturated heterocycles. The number of carbonyl (C=O) groups is 1. The number of amides is 1. The van der Waals surface area contributed by atoms with E-state index in [0.717, 1.165) is 5.56 Å². The lowest BCUT2D eigenvalue weighted by Gasteiger charge is -2.09. The number of halogens is 1. The molecular formula is C12H16BrNO2. The van der Waals surface area contributed by atoms with Crippen LogP contribution in [-0.4, -0.2) is 11.0 Å². The van der Waals surface area contributed by atoms with Crippen LogP contribution >= 0.6 is 15.9 Å². The quantitative estimate of drug-likeness (QED) is 0.836. The average Bonchev–Trinajstić information content (AvgIpc) is 2.12. The molecule has 4 heteroatoms. The van der Waals surface area contributed by atoms with E-state index in [2.05, 4.69) is 21.2 Å². The number of carbonyl (C=O) groups excluding carboxylic acids is 1. The summed E-state index contributed by atoms with van der Waals surface area (Å²) in [5.74, 6) is 0.538. The van der Waals surface area contributed by atoms with Gasteiger partial charge in [0.05, 0.1) is 4.47 Å². The van der Waals surface area contributed by atoms with E-state index in [4.69, 9.17) is 0 Å². The maximum atomic E-state index is 11.5. The van der Waals surface area contributed by atoms with Gasteiger partial charge in [0.1, 0.15) is 5.75 Å². The molecule has 1 rings (SSSR count). The summed E-state index contributed by atoms with van der Waals surface area (Å²) in [7, 11) is 0. The number of phenolic OH excluding ortho intramolecular Hbond substituents is 1. The Labute approximate surface area is 104 Å². The van der Waals surface area contributed by atoms with Gasteiger partial charge in [-0.25, -0.2) is 0 Å². The zero-order valence-electron chi connectivity index (χ0n) is 9.67. The van der Waals surface area contributed by atoms with Gasteiger partial charge in [-0.3, -0.25) is 4.79 Å². The fourth-order valence-electron chi connectivity index (χ4n) is 1.39. The van der Waals surface area contributed by atoms with E-state index >= 15 is 0 Å². The van der Waals surface area contributed by atoms with Gasteiger partial charge in [0.15, 0.2) is 0 Å².